The van der Waals surface area contributed by atoms with Crippen LogP contribution in [-0.2, 0) is 9.53 Å². The highest BCUT2D eigenvalue weighted by Gasteiger charge is 2.52. The second kappa shape index (κ2) is 7.10. The van der Waals surface area contributed by atoms with Crippen LogP contribution in [0.2, 0.25) is 0 Å². The van der Waals surface area contributed by atoms with Gasteiger partial charge in [0.2, 0.25) is 0 Å². The van der Waals surface area contributed by atoms with Crippen molar-refractivity contribution >= 4 is 5.97 Å². The zero-order chi connectivity index (χ0) is 16.3. The third kappa shape index (κ3) is 4.43. The number of likely N-dealkylation sites (N-methyl/N-ethyl adjacent to an activating group) is 2. The summed E-state index contributed by atoms with van der Waals surface area (Å²) >= 11 is 0. The normalized spacial score (nSPS) is 20.2. The molecule has 1 fully saturated rings. The van der Waals surface area contributed by atoms with E-state index in [2.05, 4.69) is 51.9 Å². The Hall–Kier alpha value is -0.610. The molecule has 0 spiro atoms. The van der Waals surface area contributed by atoms with Crippen LogP contribution in [0.5, 0.6) is 0 Å². The molecule has 4 heteroatoms. The van der Waals surface area contributed by atoms with Crippen LogP contribution in [0.1, 0.15) is 54.4 Å². The number of esters is 1. The predicted molar refractivity (Wildman–Crippen MR) is 87.3 cm³/mol. The monoisotopic (exact) mass is 298 g/mol. The molecule has 1 N–H and O–H groups in total. The number of carbonyl (C=O) groups excluding carboxylic acids is 1. The van der Waals surface area contributed by atoms with Crippen molar-refractivity contribution in [1.29, 1.82) is 0 Å². The first-order valence-electron chi connectivity index (χ1n) is 8.31. The van der Waals surface area contributed by atoms with Crippen molar-refractivity contribution in [2.45, 2.75) is 66.0 Å². The average molecular weight is 298 g/mol. The number of ether oxygens (including phenoxy) is 1. The van der Waals surface area contributed by atoms with Gasteiger partial charge in [0.25, 0.3) is 0 Å². The lowest BCUT2D eigenvalue weighted by molar-refractivity contribution is -0.153. The first-order chi connectivity index (χ1) is 9.69. The number of rotatable bonds is 8. The van der Waals surface area contributed by atoms with Crippen LogP contribution in [0, 0.1) is 11.3 Å². The highest BCUT2D eigenvalue weighted by atomic mass is 16.5. The van der Waals surface area contributed by atoms with Crippen molar-refractivity contribution < 1.29 is 9.53 Å². The van der Waals surface area contributed by atoms with Crippen LogP contribution >= 0.6 is 0 Å². The Morgan fingerprint density at radius 1 is 1.33 bits per heavy atom. The van der Waals surface area contributed by atoms with Crippen molar-refractivity contribution in [1.82, 2.24) is 10.2 Å². The average Bonchev–Trinajstić information content (AvgIpc) is 3.20. The molecule has 124 valence electrons. The molecule has 0 amide bonds. The van der Waals surface area contributed by atoms with Crippen molar-refractivity contribution in [3.05, 3.63) is 0 Å². The highest BCUT2D eigenvalue weighted by molar-refractivity contribution is 5.82. The lowest BCUT2D eigenvalue weighted by atomic mass is 9.85. The van der Waals surface area contributed by atoms with Gasteiger partial charge in [0.05, 0.1) is 6.61 Å². The van der Waals surface area contributed by atoms with Gasteiger partial charge in [-0.25, -0.2) is 4.79 Å². The number of nitrogens with one attached hydrogen (secondary N) is 1. The van der Waals surface area contributed by atoms with Gasteiger partial charge in [0.15, 0.2) is 0 Å². The summed E-state index contributed by atoms with van der Waals surface area (Å²) in [5.41, 5.74) is -0.357. The maximum absolute atomic E-state index is 12.6. The van der Waals surface area contributed by atoms with Gasteiger partial charge >= 0.3 is 5.97 Å². The van der Waals surface area contributed by atoms with Gasteiger partial charge in [0.1, 0.15) is 5.54 Å². The molecular formula is C17H34N2O2. The van der Waals surface area contributed by atoms with E-state index in [-0.39, 0.29) is 11.4 Å². The van der Waals surface area contributed by atoms with Crippen LogP contribution in [0.25, 0.3) is 0 Å². The van der Waals surface area contributed by atoms with E-state index in [9.17, 15) is 4.79 Å². The van der Waals surface area contributed by atoms with Crippen molar-refractivity contribution in [3.63, 3.8) is 0 Å². The van der Waals surface area contributed by atoms with Gasteiger partial charge in [-0.05, 0) is 51.6 Å². The minimum Gasteiger partial charge on any atom is -0.465 e. The minimum absolute atomic E-state index is 0.0812. The zero-order valence-corrected chi connectivity index (χ0v) is 15.0. The lowest BCUT2D eigenvalue weighted by Crippen LogP contribution is -2.62. The summed E-state index contributed by atoms with van der Waals surface area (Å²) in [5, 5.41) is 3.46. The van der Waals surface area contributed by atoms with Crippen molar-refractivity contribution in [2.75, 3.05) is 26.7 Å². The molecule has 0 aliphatic heterocycles. The quantitative estimate of drug-likeness (QED) is 0.700. The third-order valence-corrected chi connectivity index (χ3v) is 4.82. The maximum Gasteiger partial charge on any atom is 0.327 e. The smallest absolute Gasteiger partial charge is 0.327 e. The van der Waals surface area contributed by atoms with E-state index in [4.69, 9.17) is 4.74 Å². The highest BCUT2D eigenvalue weighted by Crippen LogP contribution is 2.41. The summed E-state index contributed by atoms with van der Waals surface area (Å²) in [6.45, 7) is 14.8. The lowest BCUT2D eigenvalue weighted by Gasteiger charge is -2.42. The van der Waals surface area contributed by atoms with E-state index in [1.807, 2.05) is 6.92 Å². The van der Waals surface area contributed by atoms with E-state index in [1.54, 1.807) is 0 Å². The molecule has 0 aromatic carbocycles. The second-order valence-corrected chi connectivity index (χ2v) is 7.45. The first-order valence-corrected chi connectivity index (χ1v) is 8.31. The minimum atomic E-state index is -0.543. The summed E-state index contributed by atoms with van der Waals surface area (Å²) < 4.78 is 5.40. The van der Waals surface area contributed by atoms with Crippen LogP contribution in [0.3, 0.4) is 0 Å². The second-order valence-electron chi connectivity index (χ2n) is 7.45. The number of hydrogen-bond acceptors (Lipinski definition) is 4. The molecular weight excluding hydrogens is 264 g/mol. The van der Waals surface area contributed by atoms with Crippen LogP contribution < -0.4 is 5.32 Å². The Morgan fingerprint density at radius 2 is 1.90 bits per heavy atom. The fourth-order valence-corrected chi connectivity index (χ4v) is 2.98. The van der Waals surface area contributed by atoms with Crippen molar-refractivity contribution in [2.24, 2.45) is 11.3 Å². The topological polar surface area (TPSA) is 41.6 Å². The van der Waals surface area contributed by atoms with Crippen LogP contribution in [-0.4, -0.2) is 49.2 Å². The molecule has 0 aromatic heterocycles. The van der Waals surface area contributed by atoms with Crippen molar-refractivity contribution in [3.8, 4) is 0 Å². The van der Waals surface area contributed by atoms with E-state index in [0.29, 0.717) is 25.1 Å². The Bertz CT molecular complexity index is 347. The van der Waals surface area contributed by atoms with Gasteiger partial charge in [-0.15, -0.1) is 0 Å². The molecule has 1 aliphatic carbocycles. The molecule has 0 aromatic rings. The SMILES string of the molecule is CCNC(CN(C)C(C)C(C)(C)C)(C(=O)OCC)C1CC1. The fourth-order valence-electron chi connectivity index (χ4n) is 2.98. The third-order valence-electron chi connectivity index (χ3n) is 4.82. The molecule has 21 heavy (non-hydrogen) atoms. The molecule has 0 heterocycles. The Labute approximate surface area is 130 Å². The summed E-state index contributed by atoms with van der Waals surface area (Å²) in [7, 11) is 2.11. The van der Waals surface area contributed by atoms with E-state index >= 15 is 0 Å². The summed E-state index contributed by atoms with van der Waals surface area (Å²) in [6, 6.07) is 0.392. The zero-order valence-electron chi connectivity index (χ0n) is 15.0. The Morgan fingerprint density at radius 3 is 2.29 bits per heavy atom. The van der Waals surface area contributed by atoms with Gasteiger partial charge in [-0.1, -0.05) is 27.7 Å². The van der Waals surface area contributed by atoms with E-state index < -0.39 is 5.54 Å². The van der Waals surface area contributed by atoms with Crippen LogP contribution in [0.4, 0.5) is 0 Å². The molecule has 2 atom stereocenters. The number of hydrogen-bond donors (Lipinski definition) is 1. The molecule has 2 unspecified atom stereocenters. The molecule has 0 radical (unpaired) electrons. The predicted octanol–water partition coefficient (Wildman–Crippen LogP) is 2.67. The summed E-state index contributed by atoms with van der Waals surface area (Å²) in [4.78, 5) is 14.9. The van der Waals surface area contributed by atoms with Gasteiger partial charge in [0, 0.05) is 12.6 Å². The molecule has 4 nitrogen and oxygen atoms in total. The Balaban J connectivity index is 2.93. The van der Waals surface area contributed by atoms with Gasteiger partial charge in [-0.2, -0.15) is 0 Å². The van der Waals surface area contributed by atoms with E-state index in [1.165, 1.54) is 0 Å². The fraction of sp³-hybridized carbons (Fsp3) is 0.941. The molecule has 1 aliphatic rings. The molecule has 1 saturated carbocycles. The molecule has 1 rings (SSSR count). The van der Waals surface area contributed by atoms with Crippen LogP contribution in [0.15, 0.2) is 0 Å². The van der Waals surface area contributed by atoms with Gasteiger partial charge < -0.3 is 15.0 Å². The van der Waals surface area contributed by atoms with Gasteiger partial charge in [-0.3, -0.25) is 0 Å². The molecule has 0 bridgehead atoms. The van der Waals surface area contributed by atoms with E-state index in [0.717, 1.165) is 19.4 Å². The summed E-state index contributed by atoms with van der Waals surface area (Å²) in [6.07, 6.45) is 2.23. The summed E-state index contributed by atoms with van der Waals surface area (Å²) in [5.74, 6) is 0.327. The standard InChI is InChI=1S/C17H34N2O2/c1-8-18-17(14-10-11-14,15(20)21-9-2)12-19(7)13(3)16(4,5)6/h13-14,18H,8-12H2,1-7H3. The number of carbonyl (C=O) groups is 1. The first kappa shape index (κ1) is 18.4. The number of nitrogens with zero attached hydrogens (tertiary/aromatic N) is 1. The largest absolute Gasteiger partial charge is 0.465 e. The maximum atomic E-state index is 12.6. The molecule has 0 saturated heterocycles. The Kier molecular flexibility index (Phi) is 6.23.